The number of nitro benzene ring substituents is 1. The summed E-state index contributed by atoms with van der Waals surface area (Å²) in [5.74, 6) is 0.393. The van der Waals surface area contributed by atoms with Crippen molar-refractivity contribution in [3.8, 4) is 17.1 Å². The largest absolute Gasteiger partial charge is 0.497 e. The van der Waals surface area contributed by atoms with E-state index in [1.54, 1.807) is 31.4 Å². The van der Waals surface area contributed by atoms with Crippen molar-refractivity contribution >= 4 is 39.9 Å². The maximum atomic E-state index is 12.4. The summed E-state index contributed by atoms with van der Waals surface area (Å²) in [5.41, 5.74) is 0.140. The Morgan fingerprint density at radius 2 is 2.00 bits per heavy atom. The van der Waals surface area contributed by atoms with Crippen molar-refractivity contribution < 1.29 is 14.5 Å². The van der Waals surface area contributed by atoms with E-state index >= 15 is 0 Å². The second-order valence-corrected chi connectivity index (χ2v) is 6.16. The molecule has 0 fully saturated rings. The lowest BCUT2D eigenvalue weighted by atomic mass is 10.1. The van der Waals surface area contributed by atoms with Gasteiger partial charge in [0.2, 0.25) is 5.13 Å². The van der Waals surface area contributed by atoms with E-state index < -0.39 is 10.8 Å². The zero-order valence-corrected chi connectivity index (χ0v) is 14.9. The van der Waals surface area contributed by atoms with E-state index in [1.165, 1.54) is 18.2 Å². The van der Waals surface area contributed by atoms with Crippen molar-refractivity contribution in [3.05, 3.63) is 63.2 Å². The van der Waals surface area contributed by atoms with Gasteiger partial charge in [-0.05, 0) is 30.3 Å². The van der Waals surface area contributed by atoms with Crippen LogP contribution in [0.25, 0.3) is 11.4 Å². The molecule has 0 aliphatic heterocycles. The number of aromatic nitrogens is 2. The molecule has 0 unspecified atom stereocenters. The lowest BCUT2D eigenvalue weighted by Gasteiger charge is -2.04. The van der Waals surface area contributed by atoms with Crippen LogP contribution in [0.15, 0.2) is 42.5 Å². The summed E-state index contributed by atoms with van der Waals surface area (Å²) in [4.78, 5) is 27.1. The second-order valence-electron chi connectivity index (χ2n) is 5.00. The number of nitro groups is 1. The average molecular weight is 391 g/mol. The fraction of sp³-hybridized carbons (Fsp3) is 0.0625. The summed E-state index contributed by atoms with van der Waals surface area (Å²) in [6, 6.07) is 11.1. The molecule has 0 aliphatic rings. The molecule has 3 aromatic rings. The first kappa shape index (κ1) is 17.8. The van der Waals surface area contributed by atoms with E-state index in [2.05, 4.69) is 14.7 Å². The van der Waals surface area contributed by atoms with Crippen molar-refractivity contribution in [1.82, 2.24) is 9.36 Å². The highest BCUT2D eigenvalue weighted by atomic mass is 35.5. The predicted molar refractivity (Wildman–Crippen MR) is 98.0 cm³/mol. The average Bonchev–Trinajstić information content (AvgIpc) is 3.09. The number of nitrogens with one attached hydrogen (secondary N) is 1. The van der Waals surface area contributed by atoms with Crippen molar-refractivity contribution in [2.45, 2.75) is 0 Å². The highest BCUT2D eigenvalue weighted by Crippen LogP contribution is 2.28. The third kappa shape index (κ3) is 3.63. The van der Waals surface area contributed by atoms with Gasteiger partial charge in [0.25, 0.3) is 11.6 Å². The Balaban J connectivity index is 1.83. The summed E-state index contributed by atoms with van der Waals surface area (Å²) < 4.78 is 9.27. The third-order valence-corrected chi connectivity index (χ3v) is 4.36. The van der Waals surface area contributed by atoms with E-state index in [1.807, 2.05) is 0 Å². The minimum Gasteiger partial charge on any atom is -0.497 e. The Labute approximate surface area is 156 Å². The molecular formula is C16H11ClN4O4S. The lowest BCUT2D eigenvalue weighted by molar-refractivity contribution is -0.385. The molecule has 0 aliphatic carbocycles. The van der Waals surface area contributed by atoms with Gasteiger partial charge in [-0.15, -0.1) is 0 Å². The molecule has 0 atom stereocenters. The first-order valence-electron chi connectivity index (χ1n) is 7.22. The number of hydrogen-bond acceptors (Lipinski definition) is 7. The van der Waals surface area contributed by atoms with Gasteiger partial charge >= 0.3 is 0 Å². The third-order valence-electron chi connectivity index (χ3n) is 3.41. The molecule has 1 N–H and O–H groups in total. The summed E-state index contributed by atoms with van der Waals surface area (Å²) >= 11 is 6.91. The molecule has 0 saturated heterocycles. The lowest BCUT2D eigenvalue weighted by Crippen LogP contribution is -2.14. The SMILES string of the molecule is COc1ccc(-c2nsc(NC(=O)c3c(Cl)cccc3[N+](=O)[O-])n2)cc1. The quantitative estimate of drug-likeness (QED) is 0.520. The fourth-order valence-electron chi connectivity index (χ4n) is 2.18. The van der Waals surface area contributed by atoms with Gasteiger partial charge in [-0.1, -0.05) is 17.7 Å². The number of carbonyl (C=O) groups is 1. The number of carbonyl (C=O) groups excluding carboxylic acids is 1. The highest BCUT2D eigenvalue weighted by molar-refractivity contribution is 7.10. The second kappa shape index (κ2) is 7.46. The zero-order valence-electron chi connectivity index (χ0n) is 13.3. The summed E-state index contributed by atoms with van der Waals surface area (Å²) in [7, 11) is 1.57. The van der Waals surface area contributed by atoms with Crippen LogP contribution in [-0.4, -0.2) is 27.3 Å². The molecule has 0 bridgehead atoms. The number of hydrogen-bond donors (Lipinski definition) is 1. The maximum Gasteiger partial charge on any atom is 0.283 e. The van der Waals surface area contributed by atoms with E-state index in [0.717, 1.165) is 17.1 Å². The van der Waals surface area contributed by atoms with Crippen LogP contribution in [0.2, 0.25) is 5.02 Å². The van der Waals surface area contributed by atoms with Crippen LogP contribution in [0.1, 0.15) is 10.4 Å². The number of methoxy groups -OCH3 is 1. The number of amides is 1. The Morgan fingerprint density at radius 3 is 2.65 bits per heavy atom. The minimum atomic E-state index is -0.722. The van der Waals surface area contributed by atoms with Gasteiger partial charge in [0.15, 0.2) is 5.82 Å². The standard InChI is InChI=1S/C16H11ClN4O4S/c1-25-10-7-5-9(6-8-10)14-18-16(26-20-14)19-15(22)13-11(17)3-2-4-12(13)21(23)24/h2-8H,1H3,(H,18,19,20,22). The van der Waals surface area contributed by atoms with Gasteiger partial charge in [0.05, 0.1) is 17.1 Å². The Bertz CT molecular complexity index is 975. The summed E-state index contributed by atoms with van der Waals surface area (Å²) in [6.45, 7) is 0. The number of halogens is 1. The van der Waals surface area contributed by atoms with Gasteiger partial charge in [-0.2, -0.15) is 9.36 Å². The summed E-state index contributed by atoms with van der Waals surface area (Å²) in [5, 5.41) is 13.8. The van der Waals surface area contributed by atoms with Crippen LogP contribution in [0.4, 0.5) is 10.8 Å². The highest BCUT2D eigenvalue weighted by Gasteiger charge is 2.24. The van der Waals surface area contributed by atoms with Crippen LogP contribution in [-0.2, 0) is 0 Å². The smallest absolute Gasteiger partial charge is 0.283 e. The molecule has 0 radical (unpaired) electrons. The predicted octanol–water partition coefficient (Wildman–Crippen LogP) is 4.03. The maximum absolute atomic E-state index is 12.4. The molecule has 10 heteroatoms. The van der Waals surface area contributed by atoms with Crippen molar-refractivity contribution in [1.29, 1.82) is 0 Å². The van der Waals surface area contributed by atoms with Gasteiger partial charge in [0, 0.05) is 23.2 Å². The Hall–Kier alpha value is -3.04. The van der Waals surface area contributed by atoms with E-state index in [0.29, 0.717) is 11.6 Å². The number of anilines is 1. The van der Waals surface area contributed by atoms with E-state index in [9.17, 15) is 14.9 Å². The number of nitrogens with zero attached hydrogens (tertiary/aromatic N) is 3. The van der Waals surface area contributed by atoms with E-state index in [4.69, 9.17) is 16.3 Å². The molecule has 26 heavy (non-hydrogen) atoms. The molecule has 2 aromatic carbocycles. The van der Waals surface area contributed by atoms with Crippen molar-refractivity contribution in [2.75, 3.05) is 12.4 Å². The molecule has 132 valence electrons. The molecule has 3 rings (SSSR count). The molecule has 1 heterocycles. The number of ether oxygens (including phenoxy) is 1. The number of rotatable bonds is 5. The number of benzene rings is 2. The van der Waals surface area contributed by atoms with Gasteiger partial charge in [-0.3, -0.25) is 20.2 Å². The Kier molecular flexibility index (Phi) is 5.10. The molecule has 0 spiro atoms. The van der Waals surface area contributed by atoms with Gasteiger partial charge < -0.3 is 4.74 Å². The molecule has 1 amide bonds. The first-order valence-corrected chi connectivity index (χ1v) is 8.37. The molecular weight excluding hydrogens is 380 g/mol. The van der Waals surface area contributed by atoms with Crippen molar-refractivity contribution in [3.63, 3.8) is 0 Å². The van der Waals surface area contributed by atoms with Crippen LogP contribution >= 0.6 is 23.1 Å². The molecule has 8 nitrogen and oxygen atoms in total. The van der Waals surface area contributed by atoms with Crippen molar-refractivity contribution in [2.24, 2.45) is 0 Å². The minimum absolute atomic E-state index is 0.0170. The van der Waals surface area contributed by atoms with E-state index in [-0.39, 0.29) is 21.4 Å². The van der Waals surface area contributed by atoms with Crippen LogP contribution < -0.4 is 10.1 Å². The summed E-state index contributed by atoms with van der Waals surface area (Å²) in [6.07, 6.45) is 0. The molecule has 0 saturated carbocycles. The zero-order chi connectivity index (χ0) is 18.7. The normalized spacial score (nSPS) is 10.4. The van der Waals surface area contributed by atoms with Gasteiger partial charge in [0.1, 0.15) is 11.3 Å². The van der Waals surface area contributed by atoms with Crippen LogP contribution in [0, 0.1) is 10.1 Å². The monoisotopic (exact) mass is 390 g/mol. The van der Waals surface area contributed by atoms with Gasteiger partial charge in [-0.25, -0.2) is 0 Å². The fourth-order valence-corrected chi connectivity index (χ4v) is 3.02. The Morgan fingerprint density at radius 1 is 1.27 bits per heavy atom. The molecule has 1 aromatic heterocycles. The first-order chi connectivity index (χ1) is 12.5. The van der Waals surface area contributed by atoms with Crippen LogP contribution in [0.5, 0.6) is 5.75 Å². The topological polar surface area (TPSA) is 107 Å². The van der Waals surface area contributed by atoms with Crippen LogP contribution in [0.3, 0.4) is 0 Å².